The third-order valence-electron chi connectivity index (χ3n) is 6.78. The van der Waals surface area contributed by atoms with Crippen LogP contribution in [0.4, 0.5) is 10.2 Å². The molecule has 0 atom stereocenters. The molecule has 1 aromatic carbocycles. The first-order valence-corrected chi connectivity index (χ1v) is 12.7. The van der Waals surface area contributed by atoms with E-state index in [2.05, 4.69) is 17.9 Å². The number of likely N-dealkylation sites (N-methyl/N-ethyl adjacent to an activating group) is 1. The van der Waals surface area contributed by atoms with Gasteiger partial charge in [-0.2, -0.15) is 0 Å². The zero-order valence-electron chi connectivity index (χ0n) is 20.5. The summed E-state index contributed by atoms with van der Waals surface area (Å²) in [5.74, 6) is -1.50. The van der Waals surface area contributed by atoms with Gasteiger partial charge in [0.25, 0.3) is 0 Å². The van der Waals surface area contributed by atoms with Crippen LogP contribution in [0.15, 0.2) is 30.3 Å². The molecule has 0 unspecified atom stereocenters. The largest absolute Gasteiger partial charge is 0.550 e. The van der Waals surface area contributed by atoms with E-state index in [4.69, 9.17) is 10.1 Å². The standard InChI is InChI=1S/C23H30FN3.C4H6O4/c1-2-26-13-15-27(16-14-26)23-17-21(18-9-11-19(24)12-10-18)20-7-5-3-4-6-8-22(20)25-23;5-3(6)1-2-4(7)8/h9-12,17H,2-8,13-16H2,1H3;1-2H2,(H,5,6)(H,7,8). The van der Waals surface area contributed by atoms with Crippen LogP contribution in [0, 0.1) is 5.82 Å². The van der Waals surface area contributed by atoms with E-state index in [-0.39, 0.29) is 12.2 Å². The number of nitrogens with one attached hydrogen (secondary N) is 1. The van der Waals surface area contributed by atoms with Crippen LogP contribution in [0.1, 0.15) is 56.7 Å². The first-order chi connectivity index (χ1) is 16.9. The van der Waals surface area contributed by atoms with Gasteiger partial charge in [0.1, 0.15) is 11.6 Å². The van der Waals surface area contributed by atoms with E-state index in [9.17, 15) is 19.1 Å². The maximum Gasteiger partial charge on any atom is 0.303 e. The lowest BCUT2D eigenvalue weighted by molar-refractivity contribution is -0.898. The van der Waals surface area contributed by atoms with E-state index in [0.29, 0.717) is 0 Å². The SMILES string of the molecule is CC[NH+]1CCN(c2cc(-c3ccc(F)cc3)c3c(n2)CCCCCC3)CC1.O=C([O-])CCC(=O)O. The zero-order valence-corrected chi connectivity index (χ0v) is 20.5. The summed E-state index contributed by atoms with van der Waals surface area (Å²) in [6, 6.07) is 9.27. The first kappa shape index (κ1) is 26.6. The summed E-state index contributed by atoms with van der Waals surface area (Å²) < 4.78 is 13.5. The Hall–Kier alpha value is -3.00. The number of nitrogens with zero attached hydrogens (tertiary/aromatic N) is 2. The molecule has 1 fully saturated rings. The van der Waals surface area contributed by atoms with Gasteiger partial charge in [0.05, 0.1) is 39.1 Å². The Labute approximate surface area is 206 Å². The number of carbonyl (C=O) groups is 2. The highest BCUT2D eigenvalue weighted by molar-refractivity contribution is 5.74. The van der Waals surface area contributed by atoms with Gasteiger partial charge in [-0.05, 0) is 73.9 Å². The Bertz CT molecular complexity index is 975. The highest BCUT2D eigenvalue weighted by Crippen LogP contribution is 2.33. The van der Waals surface area contributed by atoms with Gasteiger partial charge >= 0.3 is 5.97 Å². The second kappa shape index (κ2) is 13.2. The number of rotatable bonds is 6. The van der Waals surface area contributed by atoms with Crippen LogP contribution in [0.5, 0.6) is 0 Å². The second-order valence-corrected chi connectivity index (χ2v) is 9.23. The smallest absolute Gasteiger partial charge is 0.303 e. The molecule has 1 saturated heterocycles. The molecule has 0 amide bonds. The van der Waals surface area contributed by atoms with E-state index in [0.717, 1.165) is 37.3 Å². The summed E-state index contributed by atoms with van der Waals surface area (Å²) in [6.07, 6.45) is 6.43. The van der Waals surface area contributed by atoms with Gasteiger partial charge in [-0.3, -0.25) is 4.79 Å². The van der Waals surface area contributed by atoms with Crippen molar-refractivity contribution in [2.45, 2.75) is 58.3 Å². The fraction of sp³-hybridized carbons (Fsp3) is 0.519. The van der Waals surface area contributed by atoms with Crippen molar-refractivity contribution in [2.24, 2.45) is 0 Å². The lowest BCUT2D eigenvalue weighted by Crippen LogP contribution is -3.14. The van der Waals surface area contributed by atoms with Crippen LogP contribution in [-0.4, -0.2) is 54.8 Å². The number of hydrogen-bond donors (Lipinski definition) is 2. The molecule has 2 heterocycles. The maximum atomic E-state index is 13.5. The molecular formula is C27H36FN3O4. The van der Waals surface area contributed by atoms with Crippen LogP contribution < -0.4 is 14.9 Å². The number of carboxylic acid groups (broad SMARTS) is 2. The van der Waals surface area contributed by atoms with Crippen molar-refractivity contribution in [1.29, 1.82) is 0 Å². The number of fused-ring (bicyclic) bond motifs is 1. The van der Waals surface area contributed by atoms with Gasteiger partial charge in [0.2, 0.25) is 0 Å². The zero-order chi connectivity index (χ0) is 25.2. The summed E-state index contributed by atoms with van der Waals surface area (Å²) in [4.78, 5) is 28.4. The molecule has 4 rings (SSSR count). The molecule has 1 aliphatic carbocycles. The summed E-state index contributed by atoms with van der Waals surface area (Å²) in [5, 5.41) is 17.4. The van der Waals surface area contributed by atoms with Crippen molar-refractivity contribution in [3.05, 3.63) is 47.4 Å². The molecule has 0 saturated carbocycles. The van der Waals surface area contributed by atoms with Crippen LogP contribution in [0.3, 0.4) is 0 Å². The van der Waals surface area contributed by atoms with Gasteiger partial charge in [0, 0.05) is 11.7 Å². The molecule has 0 radical (unpaired) electrons. The number of aryl methyl sites for hydroxylation is 1. The molecule has 0 spiro atoms. The van der Waals surface area contributed by atoms with Gasteiger partial charge in [0.15, 0.2) is 0 Å². The molecular weight excluding hydrogens is 449 g/mol. The summed E-state index contributed by atoms with van der Waals surface area (Å²) in [7, 11) is 0. The number of carbonyl (C=O) groups excluding carboxylic acids is 1. The van der Waals surface area contributed by atoms with Gasteiger partial charge in [-0.25, -0.2) is 9.37 Å². The summed E-state index contributed by atoms with van der Waals surface area (Å²) in [5.41, 5.74) is 5.05. The molecule has 1 aliphatic heterocycles. The Morgan fingerprint density at radius 2 is 1.71 bits per heavy atom. The number of halogens is 1. The van der Waals surface area contributed by atoms with Crippen LogP contribution >= 0.6 is 0 Å². The van der Waals surface area contributed by atoms with Crippen molar-refractivity contribution in [2.75, 3.05) is 37.6 Å². The third-order valence-corrected chi connectivity index (χ3v) is 6.78. The lowest BCUT2D eigenvalue weighted by atomic mass is 9.90. The number of anilines is 1. The van der Waals surface area contributed by atoms with Crippen LogP contribution in [-0.2, 0) is 22.4 Å². The number of benzene rings is 1. The Morgan fingerprint density at radius 1 is 1.06 bits per heavy atom. The molecule has 0 bridgehead atoms. The van der Waals surface area contributed by atoms with Gasteiger partial charge in [-0.1, -0.05) is 25.0 Å². The third kappa shape index (κ3) is 8.02. The number of aliphatic carboxylic acids is 2. The van der Waals surface area contributed by atoms with Crippen LogP contribution in [0.25, 0.3) is 11.1 Å². The number of aromatic nitrogens is 1. The topological polar surface area (TPSA) is 98.0 Å². The summed E-state index contributed by atoms with van der Waals surface area (Å²) in [6.45, 7) is 7.96. The normalized spacial score (nSPS) is 16.3. The predicted octanol–water partition coefficient (Wildman–Crippen LogP) is 1.87. The number of quaternary nitrogens is 1. The Morgan fingerprint density at radius 3 is 2.29 bits per heavy atom. The van der Waals surface area contributed by atoms with E-state index in [1.54, 1.807) is 17.0 Å². The monoisotopic (exact) mass is 485 g/mol. The fourth-order valence-electron chi connectivity index (χ4n) is 4.71. The molecule has 2 N–H and O–H groups in total. The fourth-order valence-corrected chi connectivity index (χ4v) is 4.71. The van der Waals surface area contributed by atoms with Crippen molar-refractivity contribution in [1.82, 2.24) is 4.98 Å². The average molecular weight is 486 g/mol. The molecule has 35 heavy (non-hydrogen) atoms. The van der Waals surface area contributed by atoms with Gasteiger partial charge in [-0.15, -0.1) is 0 Å². The first-order valence-electron chi connectivity index (χ1n) is 12.7. The maximum absolute atomic E-state index is 13.5. The number of hydrogen-bond acceptors (Lipinski definition) is 5. The molecule has 7 nitrogen and oxygen atoms in total. The Kier molecular flexibility index (Phi) is 10.0. The predicted molar refractivity (Wildman–Crippen MR) is 131 cm³/mol. The summed E-state index contributed by atoms with van der Waals surface area (Å²) >= 11 is 0. The minimum atomic E-state index is -1.33. The second-order valence-electron chi connectivity index (χ2n) is 9.23. The van der Waals surface area contributed by atoms with Crippen LogP contribution in [0.2, 0.25) is 0 Å². The minimum absolute atomic E-state index is 0.172. The highest BCUT2D eigenvalue weighted by Gasteiger charge is 2.23. The number of piperazine rings is 1. The molecule has 2 aliphatic rings. The van der Waals surface area contributed by atoms with E-state index < -0.39 is 18.4 Å². The van der Waals surface area contributed by atoms with E-state index in [1.165, 1.54) is 62.1 Å². The quantitative estimate of drug-likeness (QED) is 0.648. The van der Waals surface area contributed by atoms with Crippen molar-refractivity contribution in [3.8, 4) is 11.1 Å². The van der Waals surface area contributed by atoms with E-state index in [1.807, 2.05) is 12.1 Å². The average Bonchev–Trinajstić information content (AvgIpc) is 2.84. The van der Waals surface area contributed by atoms with Crippen molar-refractivity contribution < 1.29 is 29.1 Å². The van der Waals surface area contributed by atoms with E-state index >= 15 is 0 Å². The molecule has 1 aromatic heterocycles. The lowest BCUT2D eigenvalue weighted by Gasteiger charge is -2.33. The molecule has 8 heteroatoms. The minimum Gasteiger partial charge on any atom is -0.550 e. The van der Waals surface area contributed by atoms with Crippen molar-refractivity contribution >= 4 is 17.8 Å². The molecule has 190 valence electrons. The number of carboxylic acids is 2. The Balaban J connectivity index is 0.000000371. The molecule has 2 aromatic rings. The number of pyridine rings is 1. The van der Waals surface area contributed by atoms with Crippen molar-refractivity contribution in [3.63, 3.8) is 0 Å². The van der Waals surface area contributed by atoms with Gasteiger partial charge < -0.3 is 24.8 Å². The highest BCUT2D eigenvalue weighted by atomic mass is 19.1.